The van der Waals surface area contributed by atoms with Crippen molar-refractivity contribution < 1.29 is 21.6 Å². The fourth-order valence-electron chi connectivity index (χ4n) is 0.627. The van der Waals surface area contributed by atoms with Gasteiger partial charge in [-0.05, 0) is 7.05 Å². The Morgan fingerprint density at radius 1 is 1.13 bits per heavy atom. The van der Waals surface area contributed by atoms with Crippen molar-refractivity contribution in [2.75, 3.05) is 7.05 Å². The SMILES string of the molecule is CN[SH](=O)=O.FC(F)(F)c1ccccc1. The molecule has 0 saturated carbocycles. The van der Waals surface area contributed by atoms with Gasteiger partial charge in [-0.25, -0.2) is 13.1 Å². The highest BCUT2D eigenvalue weighted by Crippen LogP contribution is 2.28. The Morgan fingerprint density at radius 3 is 1.73 bits per heavy atom. The normalized spacial score (nSPS) is 10.7. The van der Waals surface area contributed by atoms with E-state index < -0.39 is 22.6 Å². The lowest BCUT2D eigenvalue weighted by Crippen LogP contribution is -2.03. The Labute approximate surface area is 87.0 Å². The number of halogens is 3. The summed E-state index contributed by atoms with van der Waals surface area (Å²) < 4.78 is 55.9. The summed E-state index contributed by atoms with van der Waals surface area (Å²) in [4.78, 5) is 0. The Morgan fingerprint density at radius 2 is 1.53 bits per heavy atom. The summed E-state index contributed by atoms with van der Waals surface area (Å²) in [6, 6.07) is 6.36. The minimum atomic E-state index is -4.21. The van der Waals surface area contributed by atoms with Crippen LogP contribution in [0.1, 0.15) is 5.56 Å². The minimum absolute atomic E-state index is 0.602. The van der Waals surface area contributed by atoms with Crippen molar-refractivity contribution in [1.29, 1.82) is 0 Å². The van der Waals surface area contributed by atoms with Gasteiger partial charge >= 0.3 is 6.18 Å². The van der Waals surface area contributed by atoms with Crippen molar-refractivity contribution in [1.82, 2.24) is 4.72 Å². The zero-order chi connectivity index (χ0) is 11.9. The Balaban J connectivity index is 0.000000336. The van der Waals surface area contributed by atoms with Crippen molar-refractivity contribution in [2.45, 2.75) is 6.18 Å². The summed E-state index contributed by atoms with van der Waals surface area (Å²) in [6.07, 6.45) is -4.21. The minimum Gasteiger partial charge on any atom is -0.221 e. The highest BCUT2D eigenvalue weighted by Gasteiger charge is 2.29. The molecule has 3 nitrogen and oxygen atoms in total. The molecule has 0 unspecified atom stereocenters. The number of hydrogen-bond donors (Lipinski definition) is 2. The van der Waals surface area contributed by atoms with E-state index in [1.165, 1.54) is 19.2 Å². The molecule has 0 aliphatic heterocycles. The largest absolute Gasteiger partial charge is 0.416 e. The van der Waals surface area contributed by atoms with Crippen LogP contribution in [0.25, 0.3) is 0 Å². The lowest BCUT2D eigenvalue weighted by atomic mass is 10.2. The number of alkyl halides is 3. The number of thiol groups is 1. The van der Waals surface area contributed by atoms with Crippen LogP contribution < -0.4 is 4.72 Å². The van der Waals surface area contributed by atoms with Crippen LogP contribution in [0.4, 0.5) is 13.2 Å². The molecule has 1 rings (SSSR count). The zero-order valence-electron chi connectivity index (χ0n) is 7.78. The third-order valence-corrected chi connectivity index (χ3v) is 1.65. The molecule has 0 radical (unpaired) electrons. The van der Waals surface area contributed by atoms with E-state index in [1.807, 2.05) is 4.72 Å². The average Bonchev–Trinajstić information content (AvgIpc) is 2.19. The highest BCUT2D eigenvalue weighted by molar-refractivity contribution is 7.70. The number of hydrogen-bond acceptors (Lipinski definition) is 2. The molecule has 0 bridgehead atoms. The van der Waals surface area contributed by atoms with Crippen LogP contribution >= 0.6 is 0 Å². The topological polar surface area (TPSA) is 46.2 Å². The molecule has 1 aromatic rings. The van der Waals surface area contributed by atoms with Gasteiger partial charge < -0.3 is 0 Å². The van der Waals surface area contributed by atoms with Gasteiger partial charge in [-0.3, -0.25) is 0 Å². The highest BCUT2D eigenvalue weighted by atomic mass is 32.2. The molecule has 1 aromatic carbocycles. The molecule has 1 N–H and O–H groups in total. The first kappa shape index (κ1) is 13.9. The van der Waals surface area contributed by atoms with Crippen LogP contribution in [0.3, 0.4) is 0 Å². The molecule has 15 heavy (non-hydrogen) atoms. The zero-order valence-corrected chi connectivity index (χ0v) is 8.68. The predicted molar refractivity (Wildman–Crippen MR) is 50.8 cm³/mol. The van der Waals surface area contributed by atoms with E-state index in [4.69, 9.17) is 0 Å². The maximum Gasteiger partial charge on any atom is 0.416 e. The fourth-order valence-corrected chi connectivity index (χ4v) is 0.627. The lowest BCUT2D eigenvalue weighted by molar-refractivity contribution is -0.137. The van der Waals surface area contributed by atoms with Crippen LogP contribution in [-0.4, -0.2) is 15.5 Å². The van der Waals surface area contributed by atoms with Crippen molar-refractivity contribution in [3.63, 3.8) is 0 Å². The Hall–Kier alpha value is -1.08. The molecule has 0 fully saturated rings. The Kier molecular flexibility index (Phi) is 5.95. The van der Waals surface area contributed by atoms with Crippen LogP contribution in [0.15, 0.2) is 30.3 Å². The summed E-state index contributed by atoms with van der Waals surface area (Å²) in [5.74, 6) is 0. The summed E-state index contributed by atoms with van der Waals surface area (Å²) in [6.45, 7) is 0. The lowest BCUT2D eigenvalue weighted by Gasteiger charge is -2.03. The monoisotopic (exact) mass is 241 g/mol. The number of rotatable bonds is 1. The third-order valence-electron chi connectivity index (χ3n) is 1.28. The molecule has 0 aromatic heterocycles. The molecule has 86 valence electrons. The molecule has 0 saturated heterocycles. The quantitative estimate of drug-likeness (QED) is 0.731. The van der Waals surface area contributed by atoms with Crippen molar-refractivity contribution >= 4 is 10.9 Å². The van der Waals surface area contributed by atoms with Gasteiger partial charge in [0.25, 0.3) is 0 Å². The maximum absolute atomic E-state index is 11.8. The second-order valence-corrected chi connectivity index (χ2v) is 3.31. The van der Waals surface area contributed by atoms with E-state index in [0.29, 0.717) is 0 Å². The van der Waals surface area contributed by atoms with Crippen LogP contribution in [0.5, 0.6) is 0 Å². The molecule has 0 aliphatic carbocycles. The molecule has 0 atom stereocenters. The van der Waals surface area contributed by atoms with Gasteiger partial charge in [-0.15, -0.1) is 0 Å². The summed E-state index contributed by atoms with van der Waals surface area (Å²) in [5.41, 5.74) is -0.602. The average molecular weight is 241 g/mol. The smallest absolute Gasteiger partial charge is 0.221 e. The van der Waals surface area contributed by atoms with Gasteiger partial charge in [0.05, 0.1) is 5.56 Å². The molecule has 0 heterocycles. The van der Waals surface area contributed by atoms with Gasteiger partial charge in [-0.1, -0.05) is 30.3 Å². The van der Waals surface area contributed by atoms with Crippen LogP contribution in [-0.2, 0) is 17.1 Å². The first-order chi connectivity index (χ1) is 6.88. The van der Waals surface area contributed by atoms with E-state index >= 15 is 0 Å². The van der Waals surface area contributed by atoms with E-state index in [2.05, 4.69) is 0 Å². The van der Waals surface area contributed by atoms with Crippen molar-refractivity contribution in [2.24, 2.45) is 0 Å². The molecular weight excluding hydrogens is 231 g/mol. The second-order valence-electron chi connectivity index (χ2n) is 2.34. The summed E-state index contributed by atoms with van der Waals surface area (Å²) >= 11 is 0. The summed E-state index contributed by atoms with van der Waals surface area (Å²) in [5, 5.41) is 0. The van der Waals surface area contributed by atoms with Crippen molar-refractivity contribution in [3.8, 4) is 0 Å². The standard InChI is InChI=1S/C7H5F3.CH5NO2S/c8-7(9,10)6-4-2-1-3-5-6;1-2-5(3)4/h1-5H;5H,1H3,(H,2,3,4). The van der Waals surface area contributed by atoms with Gasteiger partial charge in [-0.2, -0.15) is 13.2 Å². The van der Waals surface area contributed by atoms with E-state index in [1.54, 1.807) is 6.07 Å². The second kappa shape index (κ2) is 6.41. The van der Waals surface area contributed by atoms with Crippen LogP contribution in [0.2, 0.25) is 0 Å². The van der Waals surface area contributed by atoms with E-state index in [0.717, 1.165) is 12.1 Å². The third kappa shape index (κ3) is 6.92. The Bertz CT molecular complexity index is 341. The first-order valence-corrected chi connectivity index (χ1v) is 4.99. The van der Waals surface area contributed by atoms with Gasteiger partial charge in [0.1, 0.15) is 0 Å². The van der Waals surface area contributed by atoms with Crippen LogP contribution in [0, 0.1) is 0 Å². The molecular formula is C8H10F3NO2S. The van der Waals surface area contributed by atoms with E-state index in [-0.39, 0.29) is 0 Å². The van der Waals surface area contributed by atoms with E-state index in [9.17, 15) is 21.6 Å². The van der Waals surface area contributed by atoms with Crippen molar-refractivity contribution in [3.05, 3.63) is 35.9 Å². The first-order valence-electron chi connectivity index (χ1n) is 3.82. The number of nitrogens with one attached hydrogen (secondary N) is 1. The van der Waals surface area contributed by atoms with Gasteiger partial charge in [0.2, 0.25) is 10.9 Å². The molecule has 0 amide bonds. The molecule has 0 aliphatic rings. The molecule has 0 spiro atoms. The molecule has 7 heteroatoms. The van der Waals surface area contributed by atoms with Gasteiger partial charge in [0, 0.05) is 0 Å². The fraction of sp³-hybridized carbons (Fsp3) is 0.250. The summed E-state index contributed by atoms with van der Waals surface area (Å²) in [7, 11) is -0.995. The number of benzene rings is 1. The van der Waals surface area contributed by atoms with Gasteiger partial charge in [0.15, 0.2) is 0 Å². The maximum atomic E-state index is 11.8. The predicted octanol–water partition coefficient (Wildman–Crippen LogP) is 1.44.